The monoisotopic (exact) mass is 1670 g/mol. The maximum Gasteiger partial charge on any atom is 0.252 e. The first-order valence-electron chi connectivity index (χ1n) is 46.5. The van der Waals surface area contributed by atoms with E-state index >= 15 is 0 Å². The molecule has 0 atom stereocenters. The second-order valence-electron chi connectivity index (χ2n) is 45.3. The first-order chi connectivity index (χ1) is 60.5. The van der Waals surface area contributed by atoms with Crippen LogP contribution in [0.3, 0.4) is 0 Å². The van der Waals surface area contributed by atoms with Crippen LogP contribution in [0.25, 0.3) is 127 Å². The standard InChI is InChI=1S/C122H122BN5/c1-115(2,3)83-47-54-102-96(70-83)97-71-84(116(4,5)6)48-55-103(97)124(102)92-51-53-101-109(74-92)128(107-45-35-43-95-94-42-34-44-106(113(94)126(114(95)107)91-40-32-27-33-41-91)127-104-56-49-85(117(7,8)9)72-98(104)99-73-86(118(10,11)12)50-57-105(99)127)111-67-82(81-61-89(121(19,20)21)69-90(62-81)122(22,23)24)66-110-112(111)123(101)100-52-46-77(80-59-87(119(13,14)15)68-88(60-80)120(16,17)18)65-108(100)125(110)93-63-78(75-36-28-25-29-37-75)58-79(64-93)76-38-30-26-31-39-76/h25-74H,1-24H3. The zero-order chi connectivity index (χ0) is 89.9. The summed E-state index contributed by atoms with van der Waals surface area (Å²) in [6, 6.07) is 120. The number of hydrogen-bond donors (Lipinski definition) is 0. The molecule has 0 fully saturated rings. The number of para-hydroxylation sites is 3. The summed E-state index contributed by atoms with van der Waals surface area (Å²) in [7, 11) is 0. The molecule has 638 valence electrons. The molecule has 0 saturated carbocycles. The average Bonchev–Trinajstić information content (AvgIpc) is 0.959. The van der Waals surface area contributed by atoms with E-state index in [1.807, 2.05) is 0 Å². The summed E-state index contributed by atoms with van der Waals surface area (Å²) in [6.45, 7) is 56.3. The van der Waals surface area contributed by atoms with E-state index in [1.54, 1.807) is 0 Å². The van der Waals surface area contributed by atoms with Gasteiger partial charge in [-0.05, 0) is 270 Å². The van der Waals surface area contributed by atoms with Crippen molar-refractivity contribution in [1.29, 1.82) is 0 Å². The highest BCUT2D eigenvalue weighted by Crippen LogP contribution is 2.54. The molecule has 0 amide bonds. The van der Waals surface area contributed by atoms with Crippen molar-refractivity contribution < 1.29 is 0 Å². The molecule has 15 aromatic carbocycles. The van der Waals surface area contributed by atoms with E-state index < -0.39 is 0 Å². The largest absolute Gasteiger partial charge is 0.311 e. The molecular weight excluding hydrogens is 1550 g/mol. The molecule has 0 radical (unpaired) electrons. The van der Waals surface area contributed by atoms with Gasteiger partial charge < -0.3 is 23.5 Å². The highest BCUT2D eigenvalue weighted by molar-refractivity contribution is 7.00. The zero-order valence-electron chi connectivity index (χ0n) is 79.7. The summed E-state index contributed by atoms with van der Waals surface area (Å²) < 4.78 is 7.82. The lowest BCUT2D eigenvalue weighted by Gasteiger charge is -2.45. The van der Waals surface area contributed by atoms with Gasteiger partial charge in [0.1, 0.15) is 0 Å². The van der Waals surface area contributed by atoms with Gasteiger partial charge in [-0.1, -0.05) is 348 Å². The van der Waals surface area contributed by atoms with Gasteiger partial charge in [-0.3, -0.25) is 0 Å². The van der Waals surface area contributed by atoms with Gasteiger partial charge in [0.25, 0.3) is 6.71 Å². The van der Waals surface area contributed by atoms with Gasteiger partial charge in [0.15, 0.2) is 0 Å². The molecule has 18 aromatic rings. The zero-order valence-corrected chi connectivity index (χ0v) is 79.7. The summed E-state index contributed by atoms with van der Waals surface area (Å²) in [5.74, 6) is 0. The van der Waals surface area contributed by atoms with Gasteiger partial charge in [0.2, 0.25) is 0 Å². The Bertz CT molecular complexity index is 7290. The number of aromatic nitrogens is 3. The van der Waals surface area contributed by atoms with Gasteiger partial charge in [-0.15, -0.1) is 0 Å². The molecule has 0 N–H and O–H groups in total. The van der Waals surface area contributed by atoms with Gasteiger partial charge >= 0.3 is 0 Å². The third-order valence-corrected chi connectivity index (χ3v) is 28.0. The third kappa shape index (κ3) is 14.2. The molecule has 2 aliphatic rings. The van der Waals surface area contributed by atoms with Crippen LogP contribution in [0.5, 0.6) is 0 Å². The molecule has 2 aliphatic heterocycles. The number of hydrogen-bond acceptors (Lipinski definition) is 2. The van der Waals surface area contributed by atoms with Crippen LogP contribution in [-0.4, -0.2) is 20.4 Å². The van der Waals surface area contributed by atoms with Crippen molar-refractivity contribution in [1.82, 2.24) is 13.7 Å². The Morgan fingerprint density at radius 2 is 0.523 bits per heavy atom. The summed E-state index contributed by atoms with van der Waals surface area (Å²) in [4.78, 5) is 5.45. The molecule has 5 heterocycles. The molecule has 0 bridgehead atoms. The first-order valence-corrected chi connectivity index (χ1v) is 46.5. The summed E-state index contributed by atoms with van der Waals surface area (Å²) >= 11 is 0. The minimum atomic E-state index is -0.279. The van der Waals surface area contributed by atoms with Crippen molar-refractivity contribution in [2.75, 3.05) is 9.80 Å². The fraction of sp³-hybridized carbons (Fsp3) is 0.262. The average molecular weight is 1670 g/mol. The maximum atomic E-state index is 2.75. The van der Waals surface area contributed by atoms with E-state index in [1.165, 1.54) is 127 Å². The van der Waals surface area contributed by atoms with Crippen LogP contribution in [0, 0.1) is 0 Å². The van der Waals surface area contributed by atoms with E-state index in [4.69, 9.17) is 0 Å². The van der Waals surface area contributed by atoms with E-state index in [0.29, 0.717) is 0 Å². The number of nitrogens with zero attached hydrogens (tertiary/aromatic N) is 5. The number of rotatable bonds is 9. The van der Waals surface area contributed by atoms with Crippen molar-refractivity contribution in [3.63, 3.8) is 0 Å². The van der Waals surface area contributed by atoms with E-state index in [-0.39, 0.29) is 50.0 Å². The fourth-order valence-corrected chi connectivity index (χ4v) is 20.4. The Morgan fingerprint density at radius 3 is 0.945 bits per heavy atom. The number of anilines is 6. The number of benzene rings is 15. The topological polar surface area (TPSA) is 21.3 Å². The molecule has 0 saturated heterocycles. The van der Waals surface area contributed by atoms with E-state index in [9.17, 15) is 0 Å². The highest BCUT2D eigenvalue weighted by atomic mass is 15.2. The maximum absolute atomic E-state index is 2.75. The molecule has 0 aliphatic carbocycles. The Labute approximate surface area is 759 Å². The van der Waals surface area contributed by atoms with Crippen LogP contribution in [0.2, 0.25) is 0 Å². The predicted molar refractivity (Wildman–Crippen MR) is 555 cm³/mol. The highest BCUT2D eigenvalue weighted by Gasteiger charge is 2.46. The van der Waals surface area contributed by atoms with Crippen molar-refractivity contribution in [3.05, 3.63) is 348 Å². The van der Waals surface area contributed by atoms with Crippen LogP contribution in [0.1, 0.15) is 211 Å². The Morgan fingerprint density at radius 1 is 0.180 bits per heavy atom. The van der Waals surface area contributed by atoms with Crippen LogP contribution in [-0.2, 0) is 43.3 Å². The summed E-state index contributed by atoms with van der Waals surface area (Å²) in [5.41, 5.74) is 39.5. The Balaban J connectivity index is 0.971. The SMILES string of the molecule is CC(C)(C)c1cc(-c2ccc3c(c2)N(c2cc(-c4ccccc4)cc(-c4ccccc4)c2)c2cc(-c4cc(C(C)(C)C)cc(C(C)(C)C)c4)cc4c2B3c2ccc(-n3c5ccc(C(C)(C)C)cc5c5cc(C(C)(C)C)ccc53)cc2N4c2cccc3c4cccc(-n5c6ccc(C(C)(C)C)cc6c6cc(C(C)(C)C)ccc65)c4n(-c4ccccc4)c23)cc(C(C)(C)C)c1. The quantitative estimate of drug-likeness (QED) is 0.134. The number of fused-ring (bicyclic) bond motifs is 13. The third-order valence-electron chi connectivity index (χ3n) is 28.0. The summed E-state index contributed by atoms with van der Waals surface area (Å²) in [6.07, 6.45) is 0. The molecule has 0 spiro atoms. The second-order valence-corrected chi connectivity index (χ2v) is 45.3. The van der Waals surface area contributed by atoms with Crippen molar-refractivity contribution in [3.8, 4) is 61.6 Å². The van der Waals surface area contributed by atoms with Crippen molar-refractivity contribution in [2.24, 2.45) is 0 Å². The molecule has 20 rings (SSSR count). The van der Waals surface area contributed by atoms with Gasteiger partial charge in [-0.25, -0.2) is 0 Å². The smallest absolute Gasteiger partial charge is 0.252 e. The van der Waals surface area contributed by atoms with Crippen LogP contribution < -0.4 is 26.2 Å². The lowest BCUT2D eigenvalue weighted by Crippen LogP contribution is -2.61. The van der Waals surface area contributed by atoms with Gasteiger partial charge in [0.05, 0.1) is 44.5 Å². The van der Waals surface area contributed by atoms with E-state index in [2.05, 4.69) is 493 Å². The molecular formula is C122H122BN5. The molecule has 128 heavy (non-hydrogen) atoms. The van der Waals surface area contributed by atoms with Crippen molar-refractivity contribution in [2.45, 2.75) is 209 Å². The predicted octanol–water partition coefficient (Wildman–Crippen LogP) is 32.1. The van der Waals surface area contributed by atoms with Gasteiger partial charge in [-0.2, -0.15) is 0 Å². The Hall–Kier alpha value is -12.6. The van der Waals surface area contributed by atoms with Gasteiger partial charge in [0, 0.05) is 72.1 Å². The van der Waals surface area contributed by atoms with Crippen LogP contribution in [0.4, 0.5) is 34.1 Å². The second kappa shape index (κ2) is 29.5. The molecule has 0 unspecified atom stereocenters. The van der Waals surface area contributed by atoms with Crippen LogP contribution >= 0.6 is 0 Å². The lowest BCUT2D eigenvalue weighted by molar-refractivity contribution is 0.568. The molecule has 5 nitrogen and oxygen atoms in total. The minimum absolute atomic E-state index is 0.0744. The Kier molecular flexibility index (Phi) is 19.2. The van der Waals surface area contributed by atoms with E-state index in [0.717, 1.165) is 95.4 Å². The fourth-order valence-electron chi connectivity index (χ4n) is 20.4. The van der Waals surface area contributed by atoms with Crippen LogP contribution in [0.15, 0.2) is 303 Å². The molecule has 6 heteroatoms. The lowest BCUT2D eigenvalue weighted by atomic mass is 9.33. The van der Waals surface area contributed by atoms with Crippen molar-refractivity contribution >= 4 is 123 Å². The normalized spacial score (nSPS) is 13.6. The summed E-state index contributed by atoms with van der Waals surface area (Å²) in [5, 5.41) is 7.36. The first kappa shape index (κ1) is 83.6. The minimum Gasteiger partial charge on any atom is -0.311 e. The molecule has 3 aromatic heterocycles.